The van der Waals surface area contributed by atoms with Crippen molar-refractivity contribution >= 4 is 33.3 Å². The average Bonchev–Trinajstić information content (AvgIpc) is 3.22. The highest BCUT2D eigenvalue weighted by molar-refractivity contribution is 7.91. The zero-order chi connectivity index (χ0) is 19.5. The molecule has 27 heavy (non-hydrogen) atoms. The molecular weight excluding hydrogens is 388 g/mol. The number of halogens is 1. The van der Waals surface area contributed by atoms with E-state index in [0.29, 0.717) is 11.4 Å². The van der Waals surface area contributed by atoms with Crippen molar-refractivity contribution in [3.8, 4) is 0 Å². The minimum atomic E-state index is -3.02. The van der Waals surface area contributed by atoms with Gasteiger partial charge in [-0.15, -0.1) is 0 Å². The lowest BCUT2D eigenvalue weighted by Gasteiger charge is -2.28. The van der Waals surface area contributed by atoms with Crippen LogP contribution in [-0.2, 0) is 24.8 Å². The van der Waals surface area contributed by atoms with Gasteiger partial charge >= 0.3 is 0 Å². The fourth-order valence-electron chi connectivity index (χ4n) is 4.08. The van der Waals surface area contributed by atoms with E-state index >= 15 is 0 Å². The summed E-state index contributed by atoms with van der Waals surface area (Å²) < 4.78 is 22.9. The van der Waals surface area contributed by atoms with Crippen LogP contribution in [0.2, 0.25) is 5.02 Å². The van der Waals surface area contributed by atoms with Crippen LogP contribution in [-0.4, -0.2) is 44.3 Å². The first-order valence-corrected chi connectivity index (χ1v) is 11.5. The predicted octanol–water partition coefficient (Wildman–Crippen LogP) is 1.96. The van der Waals surface area contributed by atoms with E-state index in [1.54, 1.807) is 6.07 Å². The van der Waals surface area contributed by atoms with Crippen LogP contribution in [0.4, 0.5) is 0 Å². The number of hydrogen-bond donors (Lipinski definition) is 2. The molecule has 0 radical (unpaired) electrons. The topological polar surface area (TPSA) is 92.3 Å². The molecule has 148 valence electrons. The molecule has 0 spiro atoms. The molecule has 1 heterocycles. The molecule has 0 aromatic heterocycles. The molecule has 8 heteroatoms. The first kappa shape index (κ1) is 20.1. The molecule has 1 aromatic rings. The second-order valence-electron chi connectivity index (χ2n) is 7.47. The zero-order valence-corrected chi connectivity index (χ0v) is 16.7. The van der Waals surface area contributed by atoms with Gasteiger partial charge in [-0.2, -0.15) is 0 Å². The van der Waals surface area contributed by atoms with Crippen molar-refractivity contribution < 1.29 is 18.0 Å². The minimum Gasteiger partial charge on any atom is -0.355 e. The summed E-state index contributed by atoms with van der Waals surface area (Å²) in [4.78, 5) is 25.0. The number of sulfone groups is 1. The predicted molar refractivity (Wildman–Crippen MR) is 104 cm³/mol. The van der Waals surface area contributed by atoms with Crippen molar-refractivity contribution in [1.82, 2.24) is 10.6 Å². The molecule has 1 aliphatic carbocycles. The van der Waals surface area contributed by atoms with Gasteiger partial charge in [0.05, 0.1) is 16.9 Å². The van der Waals surface area contributed by atoms with Crippen LogP contribution in [0.1, 0.15) is 44.1 Å². The minimum absolute atomic E-state index is 0.00295. The molecule has 0 bridgehead atoms. The Morgan fingerprint density at radius 1 is 1.22 bits per heavy atom. The van der Waals surface area contributed by atoms with E-state index in [9.17, 15) is 18.0 Å². The van der Waals surface area contributed by atoms with Gasteiger partial charge in [0.15, 0.2) is 9.84 Å². The van der Waals surface area contributed by atoms with E-state index in [4.69, 9.17) is 11.6 Å². The maximum Gasteiger partial charge on any atom is 0.230 e. The molecule has 3 rings (SSSR count). The van der Waals surface area contributed by atoms with Crippen molar-refractivity contribution in [1.29, 1.82) is 0 Å². The van der Waals surface area contributed by atoms with E-state index in [1.807, 2.05) is 18.2 Å². The van der Waals surface area contributed by atoms with Crippen LogP contribution in [0, 0.1) is 0 Å². The number of nitrogens with one attached hydrogen (secondary N) is 2. The third-order valence-corrected chi connectivity index (χ3v) is 7.51. The Bertz CT molecular complexity index is 819. The largest absolute Gasteiger partial charge is 0.355 e. The third-order valence-electron chi connectivity index (χ3n) is 5.50. The number of carbonyl (C=O) groups excluding carboxylic acids is 2. The van der Waals surface area contributed by atoms with Gasteiger partial charge in [-0.3, -0.25) is 9.59 Å². The van der Waals surface area contributed by atoms with Gasteiger partial charge in [-0.1, -0.05) is 36.6 Å². The zero-order valence-electron chi connectivity index (χ0n) is 15.2. The highest BCUT2D eigenvalue weighted by Crippen LogP contribution is 2.42. The second-order valence-corrected chi connectivity index (χ2v) is 10.1. The SMILES string of the molecule is O=C(CCNC(=O)C1(c2cccc(Cl)c2)CCCC1)N[C@@H]1CCS(=O)(=O)C1. The normalized spacial score (nSPS) is 23.1. The molecule has 1 aromatic carbocycles. The van der Waals surface area contributed by atoms with Crippen LogP contribution in [0.15, 0.2) is 24.3 Å². The molecular formula is C19H25ClN2O4S. The van der Waals surface area contributed by atoms with Crippen LogP contribution in [0.3, 0.4) is 0 Å². The molecule has 6 nitrogen and oxygen atoms in total. The quantitative estimate of drug-likeness (QED) is 0.747. The number of carbonyl (C=O) groups is 2. The summed E-state index contributed by atoms with van der Waals surface area (Å²) in [5.74, 6) is -0.182. The Morgan fingerprint density at radius 2 is 1.96 bits per heavy atom. The smallest absolute Gasteiger partial charge is 0.230 e. The molecule has 1 saturated heterocycles. The standard InChI is InChI=1S/C19H25ClN2O4S/c20-15-5-3-4-14(12-15)19(8-1-2-9-19)18(24)21-10-6-17(23)22-16-7-11-27(25,26)13-16/h3-5,12,16H,1-2,6-11,13H2,(H,21,24)(H,22,23)/t16-/m1/s1. The monoisotopic (exact) mass is 412 g/mol. The summed E-state index contributed by atoms with van der Waals surface area (Å²) in [7, 11) is -3.02. The fraction of sp³-hybridized carbons (Fsp3) is 0.579. The Kier molecular flexibility index (Phi) is 6.11. The number of benzene rings is 1. The van der Waals surface area contributed by atoms with E-state index < -0.39 is 15.3 Å². The summed E-state index contributed by atoms with van der Waals surface area (Å²) in [6.45, 7) is 0.229. The molecule has 1 aliphatic heterocycles. The molecule has 0 unspecified atom stereocenters. The molecule has 2 N–H and O–H groups in total. The summed E-state index contributed by atoms with van der Waals surface area (Å²) in [6.07, 6.45) is 4.09. The van der Waals surface area contributed by atoms with Crippen molar-refractivity contribution in [2.24, 2.45) is 0 Å². The lowest BCUT2D eigenvalue weighted by atomic mass is 9.78. The summed E-state index contributed by atoms with van der Waals surface area (Å²) in [6, 6.07) is 7.11. The maximum atomic E-state index is 12.9. The van der Waals surface area contributed by atoms with E-state index in [0.717, 1.165) is 31.2 Å². The van der Waals surface area contributed by atoms with Crippen molar-refractivity contribution in [2.45, 2.75) is 50.0 Å². The molecule has 2 fully saturated rings. The lowest BCUT2D eigenvalue weighted by molar-refractivity contribution is -0.127. The van der Waals surface area contributed by atoms with Crippen molar-refractivity contribution in [2.75, 3.05) is 18.1 Å². The summed E-state index contributed by atoms with van der Waals surface area (Å²) in [5.41, 5.74) is 0.339. The van der Waals surface area contributed by atoms with Crippen molar-refractivity contribution in [3.63, 3.8) is 0 Å². The van der Waals surface area contributed by atoms with E-state index in [1.165, 1.54) is 0 Å². The maximum absolute atomic E-state index is 12.9. The Morgan fingerprint density at radius 3 is 2.59 bits per heavy atom. The first-order chi connectivity index (χ1) is 12.8. The summed E-state index contributed by atoms with van der Waals surface area (Å²) >= 11 is 6.11. The van der Waals surface area contributed by atoms with Crippen LogP contribution in [0.5, 0.6) is 0 Å². The summed E-state index contributed by atoms with van der Waals surface area (Å²) in [5, 5.41) is 6.24. The van der Waals surface area contributed by atoms with Gasteiger partial charge in [0.2, 0.25) is 11.8 Å². The lowest BCUT2D eigenvalue weighted by Crippen LogP contribution is -2.44. The van der Waals surface area contributed by atoms with Crippen LogP contribution in [0.25, 0.3) is 0 Å². The number of rotatable bonds is 6. The first-order valence-electron chi connectivity index (χ1n) is 9.35. The Balaban J connectivity index is 1.54. The van der Waals surface area contributed by atoms with Crippen LogP contribution >= 0.6 is 11.6 Å². The highest BCUT2D eigenvalue weighted by Gasteiger charge is 2.42. The van der Waals surface area contributed by atoms with Gasteiger partial charge in [0, 0.05) is 24.0 Å². The van der Waals surface area contributed by atoms with Gasteiger partial charge in [0.25, 0.3) is 0 Å². The molecule has 2 amide bonds. The third kappa shape index (κ3) is 4.82. The van der Waals surface area contributed by atoms with E-state index in [2.05, 4.69) is 10.6 Å². The van der Waals surface area contributed by atoms with Gasteiger partial charge in [-0.25, -0.2) is 8.42 Å². The Hall–Kier alpha value is -1.60. The number of amides is 2. The van der Waals surface area contributed by atoms with Gasteiger partial charge in [0.1, 0.15) is 0 Å². The molecule has 2 aliphatic rings. The van der Waals surface area contributed by atoms with Crippen LogP contribution < -0.4 is 10.6 Å². The average molecular weight is 413 g/mol. The fourth-order valence-corrected chi connectivity index (χ4v) is 5.94. The van der Waals surface area contributed by atoms with Crippen molar-refractivity contribution in [3.05, 3.63) is 34.9 Å². The Labute approximate surface area is 165 Å². The molecule has 1 saturated carbocycles. The second kappa shape index (κ2) is 8.19. The van der Waals surface area contributed by atoms with Gasteiger partial charge in [-0.05, 0) is 37.0 Å². The highest BCUT2D eigenvalue weighted by atomic mass is 35.5. The number of hydrogen-bond acceptors (Lipinski definition) is 4. The molecule has 1 atom stereocenters. The van der Waals surface area contributed by atoms with Gasteiger partial charge < -0.3 is 10.6 Å². The van der Waals surface area contributed by atoms with E-state index in [-0.39, 0.29) is 42.3 Å².